The first-order valence-electron chi connectivity index (χ1n) is 9.93. The number of carbonyl (C=O) groups is 1. The summed E-state index contributed by atoms with van der Waals surface area (Å²) in [6.45, 7) is 3.88. The molecule has 0 radical (unpaired) electrons. The fourth-order valence-corrected chi connectivity index (χ4v) is 5.14. The number of para-hydroxylation sites is 1. The Balaban J connectivity index is 0.00000205. The molecular weight excluding hydrogens is 404 g/mol. The van der Waals surface area contributed by atoms with Gasteiger partial charge in [-0.3, -0.25) is 4.79 Å². The zero-order valence-corrected chi connectivity index (χ0v) is 17.8. The lowest BCUT2D eigenvalue weighted by atomic mass is 9.78. The van der Waals surface area contributed by atoms with Crippen LogP contribution in [0.15, 0.2) is 54.0 Å². The lowest BCUT2D eigenvalue weighted by Crippen LogP contribution is -2.44. The van der Waals surface area contributed by atoms with E-state index in [0.29, 0.717) is 11.0 Å². The zero-order valence-electron chi connectivity index (χ0n) is 16.2. The van der Waals surface area contributed by atoms with Crippen LogP contribution >= 0.6 is 23.7 Å². The average molecular weight is 429 g/mol. The van der Waals surface area contributed by atoms with Crippen LogP contribution in [0.3, 0.4) is 0 Å². The molecule has 0 saturated carbocycles. The van der Waals surface area contributed by atoms with Crippen molar-refractivity contribution in [1.29, 1.82) is 0 Å². The maximum atomic E-state index is 13.4. The van der Waals surface area contributed by atoms with Crippen LogP contribution in [-0.2, 0) is 0 Å². The van der Waals surface area contributed by atoms with Crippen molar-refractivity contribution in [2.24, 2.45) is 5.41 Å². The topological polar surface area (TPSA) is 50.2 Å². The standard InChI is InChI=1S/C22H24N4OS.ClH/c27-21(25-12-9-22(10-13-25)8-11-23-16-22)18-15-26(17-5-2-1-3-6-17)24-20(18)19-7-4-14-28-19;/h1-7,14-15,23H,8-13,16H2;1H. The van der Waals surface area contributed by atoms with Gasteiger partial charge < -0.3 is 10.2 Å². The number of hydrogen-bond donors (Lipinski definition) is 1. The highest BCUT2D eigenvalue weighted by Crippen LogP contribution is 2.38. The van der Waals surface area contributed by atoms with E-state index >= 15 is 0 Å². The number of thiophene rings is 1. The Morgan fingerprint density at radius 3 is 2.52 bits per heavy atom. The Kier molecular flexibility index (Phi) is 5.76. The summed E-state index contributed by atoms with van der Waals surface area (Å²) in [5.74, 6) is 0.103. The predicted molar refractivity (Wildman–Crippen MR) is 119 cm³/mol. The van der Waals surface area contributed by atoms with Gasteiger partial charge in [-0.15, -0.1) is 23.7 Å². The van der Waals surface area contributed by atoms with Crippen LogP contribution in [0.25, 0.3) is 16.3 Å². The molecule has 3 aromatic rings. The molecule has 5 rings (SSSR count). The largest absolute Gasteiger partial charge is 0.338 e. The van der Waals surface area contributed by atoms with Gasteiger partial charge in [0.05, 0.1) is 16.1 Å². The monoisotopic (exact) mass is 428 g/mol. The van der Waals surface area contributed by atoms with Crippen LogP contribution in [0.4, 0.5) is 0 Å². The maximum absolute atomic E-state index is 13.4. The molecule has 0 bridgehead atoms. The van der Waals surface area contributed by atoms with Crippen LogP contribution in [-0.4, -0.2) is 46.8 Å². The third-order valence-electron chi connectivity index (χ3n) is 6.16. The van der Waals surface area contributed by atoms with Crippen molar-refractivity contribution in [3.05, 3.63) is 59.6 Å². The molecule has 2 aliphatic heterocycles. The third-order valence-corrected chi connectivity index (χ3v) is 7.04. The van der Waals surface area contributed by atoms with E-state index in [-0.39, 0.29) is 18.3 Å². The minimum Gasteiger partial charge on any atom is -0.338 e. The van der Waals surface area contributed by atoms with E-state index < -0.39 is 0 Å². The van der Waals surface area contributed by atoms with E-state index in [1.54, 1.807) is 11.3 Å². The summed E-state index contributed by atoms with van der Waals surface area (Å²) in [7, 11) is 0. The molecule has 5 nitrogen and oxygen atoms in total. The van der Waals surface area contributed by atoms with Crippen molar-refractivity contribution in [3.63, 3.8) is 0 Å². The number of hydrogen-bond acceptors (Lipinski definition) is 4. The minimum atomic E-state index is 0. The molecule has 0 atom stereocenters. The quantitative estimate of drug-likeness (QED) is 0.678. The normalized spacial score (nSPS) is 18.0. The number of nitrogens with one attached hydrogen (secondary N) is 1. The second kappa shape index (κ2) is 8.30. The molecular formula is C22H25ClN4OS. The molecule has 1 spiro atoms. The smallest absolute Gasteiger partial charge is 0.257 e. The fourth-order valence-electron chi connectivity index (χ4n) is 4.42. The molecule has 1 amide bonds. The van der Waals surface area contributed by atoms with Crippen molar-refractivity contribution in [3.8, 4) is 16.3 Å². The van der Waals surface area contributed by atoms with Gasteiger partial charge in [-0.05, 0) is 54.8 Å². The van der Waals surface area contributed by atoms with Gasteiger partial charge in [0.15, 0.2) is 0 Å². The summed E-state index contributed by atoms with van der Waals surface area (Å²) in [6.07, 6.45) is 5.31. The predicted octanol–water partition coefficient (Wildman–Crippen LogP) is 4.24. The number of benzene rings is 1. The Morgan fingerprint density at radius 2 is 1.86 bits per heavy atom. The number of halogens is 1. The summed E-state index contributed by atoms with van der Waals surface area (Å²) >= 11 is 1.62. The van der Waals surface area contributed by atoms with Gasteiger partial charge in [-0.1, -0.05) is 24.3 Å². The molecule has 7 heteroatoms. The second-order valence-electron chi connectivity index (χ2n) is 7.87. The second-order valence-corrected chi connectivity index (χ2v) is 8.82. The van der Waals surface area contributed by atoms with E-state index in [0.717, 1.165) is 55.3 Å². The molecule has 0 unspecified atom stereocenters. The van der Waals surface area contributed by atoms with E-state index in [1.807, 2.05) is 63.6 Å². The zero-order chi connectivity index (χ0) is 19.0. The van der Waals surface area contributed by atoms with E-state index in [2.05, 4.69) is 5.32 Å². The average Bonchev–Trinajstić information content (AvgIpc) is 3.49. The van der Waals surface area contributed by atoms with Gasteiger partial charge >= 0.3 is 0 Å². The maximum Gasteiger partial charge on any atom is 0.257 e. The highest BCUT2D eigenvalue weighted by atomic mass is 35.5. The van der Waals surface area contributed by atoms with Gasteiger partial charge in [0.1, 0.15) is 5.69 Å². The van der Waals surface area contributed by atoms with Crippen molar-refractivity contribution in [2.75, 3.05) is 26.2 Å². The van der Waals surface area contributed by atoms with Crippen LogP contribution < -0.4 is 5.32 Å². The summed E-state index contributed by atoms with van der Waals surface area (Å²) in [5, 5.41) is 10.3. The van der Waals surface area contributed by atoms with E-state index in [9.17, 15) is 4.79 Å². The number of amides is 1. The Morgan fingerprint density at radius 1 is 1.07 bits per heavy atom. The number of likely N-dealkylation sites (tertiary alicyclic amines) is 1. The van der Waals surface area contributed by atoms with Crippen molar-refractivity contribution < 1.29 is 4.79 Å². The number of nitrogens with zero attached hydrogens (tertiary/aromatic N) is 3. The lowest BCUT2D eigenvalue weighted by molar-refractivity contribution is 0.0608. The van der Waals surface area contributed by atoms with Gasteiger partial charge in [0.2, 0.25) is 0 Å². The van der Waals surface area contributed by atoms with E-state index in [4.69, 9.17) is 5.10 Å². The highest BCUT2D eigenvalue weighted by molar-refractivity contribution is 7.13. The Hall–Kier alpha value is -2.15. The van der Waals surface area contributed by atoms with Crippen molar-refractivity contribution >= 4 is 29.7 Å². The van der Waals surface area contributed by atoms with Gasteiger partial charge in [0.25, 0.3) is 5.91 Å². The van der Waals surface area contributed by atoms with Gasteiger partial charge in [-0.2, -0.15) is 5.10 Å². The SMILES string of the molecule is Cl.O=C(c1cn(-c2ccccc2)nc1-c1cccs1)N1CCC2(CCNC2)CC1. The molecule has 152 valence electrons. The third kappa shape index (κ3) is 3.84. The molecule has 0 aliphatic carbocycles. The summed E-state index contributed by atoms with van der Waals surface area (Å²) in [5.41, 5.74) is 2.86. The molecule has 4 heterocycles. The van der Waals surface area contributed by atoms with Crippen LogP contribution in [0.5, 0.6) is 0 Å². The Bertz CT molecular complexity index is 954. The number of rotatable bonds is 3. The fraction of sp³-hybridized carbons (Fsp3) is 0.364. The first kappa shape index (κ1) is 20.1. The molecule has 1 aromatic carbocycles. The highest BCUT2D eigenvalue weighted by Gasteiger charge is 2.38. The number of carbonyl (C=O) groups excluding carboxylic acids is 1. The minimum absolute atomic E-state index is 0. The van der Waals surface area contributed by atoms with E-state index in [1.165, 1.54) is 6.42 Å². The van der Waals surface area contributed by atoms with Gasteiger partial charge in [-0.25, -0.2) is 4.68 Å². The molecule has 2 aliphatic rings. The summed E-state index contributed by atoms with van der Waals surface area (Å²) in [4.78, 5) is 16.5. The molecule has 29 heavy (non-hydrogen) atoms. The van der Waals surface area contributed by atoms with Gasteiger partial charge in [0, 0.05) is 25.8 Å². The molecule has 2 aromatic heterocycles. The lowest BCUT2D eigenvalue weighted by Gasteiger charge is -2.38. The summed E-state index contributed by atoms with van der Waals surface area (Å²) in [6, 6.07) is 14.0. The number of aromatic nitrogens is 2. The first-order valence-corrected chi connectivity index (χ1v) is 10.8. The van der Waals surface area contributed by atoms with Crippen molar-refractivity contribution in [1.82, 2.24) is 20.0 Å². The molecule has 1 N–H and O–H groups in total. The summed E-state index contributed by atoms with van der Waals surface area (Å²) < 4.78 is 1.83. The van der Waals surface area contributed by atoms with Crippen LogP contribution in [0.1, 0.15) is 29.6 Å². The molecule has 2 fully saturated rings. The van der Waals surface area contributed by atoms with Crippen molar-refractivity contribution in [2.45, 2.75) is 19.3 Å². The molecule has 2 saturated heterocycles. The first-order chi connectivity index (χ1) is 13.7. The van der Waals surface area contributed by atoms with Crippen LogP contribution in [0.2, 0.25) is 0 Å². The Labute approximate surface area is 181 Å². The van der Waals surface area contributed by atoms with Crippen LogP contribution in [0, 0.1) is 5.41 Å². The number of piperidine rings is 1.